The van der Waals surface area contributed by atoms with Gasteiger partial charge in [0.2, 0.25) is 0 Å². The fourth-order valence-corrected chi connectivity index (χ4v) is 5.00. The summed E-state index contributed by atoms with van der Waals surface area (Å²) < 4.78 is 20.7. The molecule has 0 radical (unpaired) electrons. The minimum atomic E-state index is -0.569. The number of anilines is 1. The zero-order chi connectivity index (χ0) is 27.1. The highest BCUT2D eigenvalue weighted by Gasteiger charge is 2.22. The molecule has 1 aliphatic heterocycles. The predicted molar refractivity (Wildman–Crippen MR) is 144 cm³/mol. The first-order valence-corrected chi connectivity index (χ1v) is 12.5. The van der Waals surface area contributed by atoms with Crippen molar-refractivity contribution < 1.29 is 18.8 Å². The van der Waals surface area contributed by atoms with Gasteiger partial charge in [0, 0.05) is 30.9 Å². The maximum atomic E-state index is 14.0. The van der Waals surface area contributed by atoms with Crippen LogP contribution in [-0.2, 0) is 11.2 Å². The van der Waals surface area contributed by atoms with E-state index in [1.807, 2.05) is 18.2 Å². The average Bonchev–Trinajstić information content (AvgIpc) is 3.66. The standard InChI is InChI=1S/C26H18FN7O4S/c1-38-13-17-9-14-5-6-15(10-20(14)29-17)23-30-24(32-26(35)21-7-8-22(39-21)34(36)37)19-12-28-33(25(19)31-23)18-4-2-3-16(27)11-18/h2-8,10-12H,9,13H2,1H3,(H,30,31,32,35). The van der Waals surface area contributed by atoms with Crippen molar-refractivity contribution in [2.45, 2.75) is 6.42 Å². The Morgan fingerprint density at radius 1 is 1.21 bits per heavy atom. The minimum Gasteiger partial charge on any atom is -0.379 e. The highest BCUT2D eigenvalue weighted by atomic mass is 32.1. The summed E-state index contributed by atoms with van der Waals surface area (Å²) in [6.07, 6.45) is 2.16. The third-order valence-corrected chi connectivity index (χ3v) is 7.07. The SMILES string of the molecule is COCC1=Nc2cc(-c3nc(NC(=O)c4ccc([N+](=O)[O-])s4)c4cnn(-c5cccc(F)c5)c4n3)ccc2C1. The van der Waals surface area contributed by atoms with E-state index in [4.69, 9.17) is 9.72 Å². The molecule has 0 fully saturated rings. The van der Waals surface area contributed by atoms with E-state index in [9.17, 15) is 19.3 Å². The number of aliphatic imine (C=N–C) groups is 1. The van der Waals surface area contributed by atoms with Gasteiger partial charge in [-0.1, -0.05) is 29.5 Å². The number of carbonyl (C=O) groups is 1. The number of methoxy groups -OCH3 is 1. The molecule has 13 heteroatoms. The Morgan fingerprint density at radius 3 is 2.85 bits per heavy atom. The van der Waals surface area contributed by atoms with Crippen LogP contribution in [0.25, 0.3) is 28.1 Å². The van der Waals surface area contributed by atoms with Crippen LogP contribution in [0.1, 0.15) is 15.2 Å². The van der Waals surface area contributed by atoms with Crippen molar-refractivity contribution in [2.24, 2.45) is 4.99 Å². The molecule has 0 saturated carbocycles. The molecule has 1 N–H and O–H groups in total. The second-order valence-corrected chi connectivity index (χ2v) is 9.71. The van der Waals surface area contributed by atoms with E-state index >= 15 is 0 Å². The van der Waals surface area contributed by atoms with Gasteiger partial charge in [-0.3, -0.25) is 19.9 Å². The number of amides is 1. The molecule has 0 saturated heterocycles. The van der Waals surface area contributed by atoms with Crippen molar-refractivity contribution in [1.29, 1.82) is 0 Å². The Hall–Kier alpha value is -4.88. The third kappa shape index (κ3) is 4.64. The number of fused-ring (bicyclic) bond motifs is 2. The van der Waals surface area contributed by atoms with Gasteiger partial charge < -0.3 is 10.1 Å². The number of nitro groups is 1. The van der Waals surface area contributed by atoms with Crippen molar-refractivity contribution in [3.05, 3.63) is 87.2 Å². The lowest BCUT2D eigenvalue weighted by Crippen LogP contribution is -2.12. The minimum absolute atomic E-state index is 0.144. The molecule has 2 aromatic carbocycles. The second-order valence-electron chi connectivity index (χ2n) is 8.65. The average molecular weight is 544 g/mol. The number of hydrogen-bond acceptors (Lipinski definition) is 9. The molecule has 0 aliphatic carbocycles. The molecule has 6 rings (SSSR count). The Labute approximate surface area is 223 Å². The molecule has 4 heterocycles. The first kappa shape index (κ1) is 24.5. The van der Waals surface area contributed by atoms with Gasteiger partial charge in [0.25, 0.3) is 5.91 Å². The number of benzene rings is 2. The lowest BCUT2D eigenvalue weighted by molar-refractivity contribution is -0.380. The molecule has 0 atom stereocenters. The highest BCUT2D eigenvalue weighted by molar-refractivity contribution is 7.17. The van der Waals surface area contributed by atoms with Crippen molar-refractivity contribution >= 4 is 50.5 Å². The molecule has 0 spiro atoms. The summed E-state index contributed by atoms with van der Waals surface area (Å²) in [4.78, 5) is 37.7. The molecule has 1 aliphatic rings. The summed E-state index contributed by atoms with van der Waals surface area (Å²) in [5.41, 5.74) is 4.14. The maximum absolute atomic E-state index is 14.0. The largest absolute Gasteiger partial charge is 0.379 e. The first-order chi connectivity index (χ1) is 18.9. The number of hydrogen-bond donors (Lipinski definition) is 1. The molecule has 194 valence electrons. The molecule has 5 aromatic rings. The van der Waals surface area contributed by atoms with Gasteiger partial charge in [-0.2, -0.15) is 5.10 Å². The number of aromatic nitrogens is 4. The van der Waals surface area contributed by atoms with Crippen LogP contribution < -0.4 is 5.32 Å². The first-order valence-electron chi connectivity index (χ1n) is 11.7. The van der Waals surface area contributed by atoms with Crippen LogP contribution in [0, 0.1) is 15.9 Å². The topological polar surface area (TPSA) is 137 Å². The number of halogens is 1. The number of thiophene rings is 1. The summed E-state index contributed by atoms with van der Waals surface area (Å²) in [5, 5.41) is 18.4. The van der Waals surface area contributed by atoms with E-state index in [0.717, 1.165) is 28.3 Å². The Kier molecular flexibility index (Phi) is 6.13. The molecule has 0 unspecified atom stereocenters. The van der Waals surface area contributed by atoms with Crippen LogP contribution in [0.2, 0.25) is 0 Å². The van der Waals surface area contributed by atoms with Gasteiger partial charge in [0.15, 0.2) is 11.5 Å². The number of nitrogens with zero attached hydrogens (tertiary/aromatic N) is 6. The Balaban J connectivity index is 1.46. The fourth-order valence-electron chi connectivity index (χ4n) is 4.28. The highest BCUT2D eigenvalue weighted by Crippen LogP contribution is 2.33. The van der Waals surface area contributed by atoms with Crippen LogP contribution in [0.5, 0.6) is 0 Å². The predicted octanol–water partition coefficient (Wildman–Crippen LogP) is 5.12. The lowest BCUT2D eigenvalue weighted by Gasteiger charge is -2.10. The van der Waals surface area contributed by atoms with E-state index in [2.05, 4.69) is 20.4 Å². The van der Waals surface area contributed by atoms with Crippen molar-refractivity contribution in [1.82, 2.24) is 19.7 Å². The lowest BCUT2D eigenvalue weighted by atomic mass is 10.1. The molecular formula is C26H18FN7O4S. The third-order valence-electron chi connectivity index (χ3n) is 6.04. The van der Waals surface area contributed by atoms with Gasteiger partial charge in [0.05, 0.1) is 39.4 Å². The smallest absolute Gasteiger partial charge is 0.324 e. The summed E-state index contributed by atoms with van der Waals surface area (Å²) in [7, 11) is 1.62. The van der Waals surface area contributed by atoms with Gasteiger partial charge in [0.1, 0.15) is 11.6 Å². The van der Waals surface area contributed by atoms with Crippen molar-refractivity contribution in [2.75, 3.05) is 19.0 Å². The van der Waals surface area contributed by atoms with Crippen LogP contribution in [0.15, 0.2) is 65.8 Å². The van der Waals surface area contributed by atoms with Crippen LogP contribution >= 0.6 is 11.3 Å². The quantitative estimate of drug-likeness (QED) is 0.222. The monoisotopic (exact) mass is 543 g/mol. The van der Waals surface area contributed by atoms with Crippen molar-refractivity contribution in [3.8, 4) is 17.1 Å². The number of nitrogens with one attached hydrogen (secondary N) is 1. The molecule has 39 heavy (non-hydrogen) atoms. The molecule has 11 nitrogen and oxygen atoms in total. The molecule has 3 aromatic heterocycles. The molecule has 1 amide bonds. The van der Waals surface area contributed by atoms with Gasteiger partial charge in [-0.05, 0) is 35.9 Å². The summed E-state index contributed by atoms with van der Waals surface area (Å²) in [5.74, 6) is -0.573. The normalized spacial score (nSPS) is 12.4. The van der Waals surface area contributed by atoms with E-state index in [-0.39, 0.29) is 21.5 Å². The maximum Gasteiger partial charge on any atom is 0.324 e. The van der Waals surface area contributed by atoms with E-state index < -0.39 is 16.6 Å². The van der Waals surface area contributed by atoms with E-state index in [0.29, 0.717) is 35.3 Å². The summed E-state index contributed by atoms with van der Waals surface area (Å²) in [6.45, 7) is 0.427. The zero-order valence-corrected chi connectivity index (χ0v) is 21.1. The Morgan fingerprint density at radius 2 is 2.08 bits per heavy atom. The van der Waals surface area contributed by atoms with E-state index in [1.54, 1.807) is 19.2 Å². The number of rotatable bonds is 7. The van der Waals surface area contributed by atoms with Crippen LogP contribution in [-0.4, -0.2) is 50.0 Å². The Bertz CT molecular complexity index is 1810. The molecule has 0 bridgehead atoms. The number of carbonyl (C=O) groups excluding carboxylic acids is 1. The zero-order valence-electron chi connectivity index (χ0n) is 20.3. The van der Waals surface area contributed by atoms with Crippen LogP contribution in [0.4, 0.5) is 20.9 Å². The number of ether oxygens (including phenoxy) is 1. The summed E-state index contributed by atoms with van der Waals surface area (Å²) in [6, 6.07) is 14.2. The van der Waals surface area contributed by atoms with Crippen LogP contribution in [0.3, 0.4) is 0 Å². The van der Waals surface area contributed by atoms with Gasteiger partial charge in [-0.25, -0.2) is 19.0 Å². The van der Waals surface area contributed by atoms with E-state index in [1.165, 1.54) is 35.1 Å². The van der Waals surface area contributed by atoms with Gasteiger partial charge >= 0.3 is 5.00 Å². The second kappa shape index (κ2) is 9.78. The van der Waals surface area contributed by atoms with Crippen molar-refractivity contribution in [3.63, 3.8) is 0 Å². The fraction of sp³-hybridized carbons (Fsp3) is 0.115. The van der Waals surface area contributed by atoms with Gasteiger partial charge in [-0.15, -0.1) is 0 Å². The summed E-state index contributed by atoms with van der Waals surface area (Å²) >= 11 is 0.754. The molecular weight excluding hydrogens is 525 g/mol.